The molecule has 0 saturated heterocycles. The third-order valence-electron chi connectivity index (χ3n) is 2.29. The first kappa shape index (κ1) is 10.7. The van der Waals surface area contributed by atoms with Gasteiger partial charge in [-0.25, -0.2) is 0 Å². The second-order valence-corrected chi connectivity index (χ2v) is 5.70. The van der Waals surface area contributed by atoms with Gasteiger partial charge in [-0.05, 0) is 18.2 Å². The van der Waals surface area contributed by atoms with E-state index >= 15 is 0 Å². The number of benzene rings is 1. The Morgan fingerprint density at radius 2 is 1.87 bits per heavy atom. The van der Waals surface area contributed by atoms with Gasteiger partial charge >= 0.3 is 0 Å². The summed E-state index contributed by atoms with van der Waals surface area (Å²) in [5, 5.41) is 0. The molecule has 0 amide bonds. The highest BCUT2D eigenvalue weighted by Gasteiger charge is 2.27. The Hall–Kier alpha value is -0.800. The molecule has 4 heteroatoms. The Labute approximate surface area is 96.7 Å². The molecule has 0 fully saturated rings. The number of ether oxygens (including phenoxy) is 2. The lowest BCUT2D eigenvalue weighted by Gasteiger charge is -2.12. The Morgan fingerprint density at radius 3 is 2.53 bits per heavy atom. The quantitative estimate of drug-likeness (QED) is 0.744. The van der Waals surface area contributed by atoms with E-state index in [4.69, 9.17) is 20.2 Å². The molecule has 2 rings (SSSR count). The molecular formula is C11H12ClO2S+. The van der Waals surface area contributed by atoms with Crippen molar-refractivity contribution in [1.29, 1.82) is 0 Å². The molecule has 15 heavy (non-hydrogen) atoms. The summed E-state index contributed by atoms with van der Waals surface area (Å²) < 4.78 is 10.5. The maximum absolute atomic E-state index is 6.25. The molecule has 0 spiro atoms. The van der Waals surface area contributed by atoms with Gasteiger partial charge in [0.25, 0.3) is 0 Å². The van der Waals surface area contributed by atoms with Crippen molar-refractivity contribution >= 4 is 26.9 Å². The molecule has 1 atom stereocenters. The summed E-state index contributed by atoms with van der Waals surface area (Å²) in [6.07, 6.45) is 4.16. The van der Waals surface area contributed by atoms with E-state index in [2.05, 4.69) is 12.2 Å². The Kier molecular flexibility index (Phi) is 3.12. The second kappa shape index (κ2) is 4.37. The minimum atomic E-state index is -0.237. The average Bonchev–Trinajstić information content (AvgIpc) is 2.28. The van der Waals surface area contributed by atoms with Crippen molar-refractivity contribution in [2.24, 2.45) is 0 Å². The van der Waals surface area contributed by atoms with Crippen LogP contribution in [0.1, 0.15) is 5.56 Å². The van der Waals surface area contributed by atoms with Crippen molar-refractivity contribution in [2.75, 3.05) is 20.0 Å². The number of halogens is 1. The van der Waals surface area contributed by atoms with Crippen LogP contribution in [0.5, 0.6) is 11.5 Å². The van der Waals surface area contributed by atoms with Crippen LogP contribution in [0.3, 0.4) is 0 Å². The standard InChI is InChI=1S/C11H12ClO2S/c1-13-9-6-8-4-3-5-15(12)11(8)7-10(9)14-2/h3-4,6-7H,5H2,1-2H3/q+1. The van der Waals surface area contributed by atoms with Gasteiger partial charge in [0.05, 0.1) is 14.2 Å². The highest BCUT2D eigenvalue weighted by molar-refractivity contribution is 8.18. The molecule has 1 unspecified atom stereocenters. The molecule has 0 aliphatic carbocycles. The maximum Gasteiger partial charge on any atom is 0.186 e. The number of rotatable bonds is 2. The van der Waals surface area contributed by atoms with E-state index < -0.39 is 0 Å². The topological polar surface area (TPSA) is 18.5 Å². The van der Waals surface area contributed by atoms with Crippen LogP contribution in [0.4, 0.5) is 0 Å². The summed E-state index contributed by atoms with van der Waals surface area (Å²) in [7, 11) is 9.28. The van der Waals surface area contributed by atoms with Gasteiger partial charge in [0.1, 0.15) is 10.1 Å². The van der Waals surface area contributed by atoms with Crippen LogP contribution in [0.15, 0.2) is 23.1 Å². The zero-order valence-electron chi connectivity index (χ0n) is 8.62. The van der Waals surface area contributed by atoms with Gasteiger partial charge < -0.3 is 9.47 Å². The van der Waals surface area contributed by atoms with Gasteiger partial charge in [-0.1, -0.05) is 0 Å². The minimum Gasteiger partial charge on any atom is -0.493 e. The van der Waals surface area contributed by atoms with Gasteiger partial charge in [0, 0.05) is 11.6 Å². The summed E-state index contributed by atoms with van der Waals surface area (Å²) in [5.41, 5.74) is 1.12. The summed E-state index contributed by atoms with van der Waals surface area (Å²) in [6, 6.07) is 3.93. The molecule has 1 aliphatic heterocycles. The molecule has 0 aromatic heterocycles. The molecule has 0 N–H and O–H groups in total. The monoisotopic (exact) mass is 243 g/mol. The minimum absolute atomic E-state index is 0.237. The predicted octanol–water partition coefficient (Wildman–Crippen LogP) is 2.86. The average molecular weight is 244 g/mol. The Morgan fingerprint density at radius 1 is 1.20 bits per heavy atom. The zero-order chi connectivity index (χ0) is 10.8. The largest absolute Gasteiger partial charge is 0.493 e. The summed E-state index contributed by atoms with van der Waals surface area (Å²) in [5.74, 6) is 2.38. The molecule has 1 aromatic carbocycles. The molecule has 0 bridgehead atoms. The van der Waals surface area contributed by atoms with Crippen molar-refractivity contribution in [1.82, 2.24) is 0 Å². The fourth-order valence-corrected chi connectivity index (χ4v) is 3.23. The third kappa shape index (κ3) is 1.94. The van der Waals surface area contributed by atoms with Crippen molar-refractivity contribution in [2.45, 2.75) is 4.90 Å². The summed E-state index contributed by atoms with van der Waals surface area (Å²) >= 11 is 0. The molecule has 0 saturated carbocycles. The molecular weight excluding hydrogens is 232 g/mol. The zero-order valence-corrected chi connectivity index (χ0v) is 10.2. The summed E-state index contributed by atoms with van der Waals surface area (Å²) in [6.45, 7) is 0. The van der Waals surface area contributed by atoms with Gasteiger partial charge in [-0.15, -0.1) is 0 Å². The Balaban J connectivity index is 2.54. The molecule has 1 heterocycles. The van der Waals surface area contributed by atoms with Crippen LogP contribution >= 0.6 is 10.7 Å². The highest BCUT2D eigenvalue weighted by Crippen LogP contribution is 2.37. The second-order valence-electron chi connectivity index (χ2n) is 3.14. The number of fused-ring (bicyclic) bond motifs is 1. The fourth-order valence-electron chi connectivity index (χ4n) is 1.55. The van der Waals surface area contributed by atoms with E-state index in [1.54, 1.807) is 14.2 Å². The van der Waals surface area contributed by atoms with Crippen molar-refractivity contribution in [3.8, 4) is 11.5 Å². The maximum atomic E-state index is 6.25. The van der Waals surface area contributed by atoms with Gasteiger partial charge in [0.2, 0.25) is 0 Å². The molecule has 0 radical (unpaired) electrons. The van der Waals surface area contributed by atoms with Gasteiger partial charge in [-0.2, -0.15) is 0 Å². The SMILES string of the molecule is COc1cc2c(cc1OC)[S+](Cl)CC=C2. The van der Waals surface area contributed by atoms with Crippen molar-refractivity contribution < 1.29 is 9.47 Å². The summed E-state index contributed by atoms with van der Waals surface area (Å²) in [4.78, 5) is 1.14. The van der Waals surface area contributed by atoms with E-state index in [-0.39, 0.29) is 10.1 Å². The molecule has 2 nitrogen and oxygen atoms in total. The Bertz CT molecular complexity index is 404. The predicted molar refractivity (Wildman–Crippen MR) is 64.9 cm³/mol. The van der Waals surface area contributed by atoms with E-state index in [9.17, 15) is 0 Å². The number of hydrogen-bond acceptors (Lipinski definition) is 2. The number of methoxy groups -OCH3 is 2. The van der Waals surface area contributed by atoms with E-state index in [1.807, 2.05) is 12.1 Å². The van der Waals surface area contributed by atoms with Crippen LogP contribution in [0.25, 0.3) is 6.08 Å². The molecule has 1 aliphatic rings. The van der Waals surface area contributed by atoms with Crippen LogP contribution < -0.4 is 9.47 Å². The van der Waals surface area contributed by atoms with E-state index in [1.165, 1.54) is 0 Å². The van der Waals surface area contributed by atoms with Crippen molar-refractivity contribution in [3.63, 3.8) is 0 Å². The van der Waals surface area contributed by atoms with Gasteiger partial charge in [0.15, 0.2) is 32.8 Å². The normalized spacial score (nSPS) is 18.5. The molecule has 1 aromatic rings. The van der Waals surface area contributed by atoms with Crippen LogP contribution in [-0.4, -0.2) is 20.0 Å². The molecule has 80 valence electrons. The third-order valence-corrected chi connectivity index (χ3v) is 4.49. The lowest BCUT2D eigenvalue weighted by molar-refractivity contribution is 0.354. The van der Waals surface area contributed by atoms with Gasteiger partial charge in [-0.3, -0.25) is 0 Å². The van der Waals surface area contributed by atoms with Crippen LogP contribution in [0, 0.1) is 0 Å². The van der Waals surface area contributed by atoms with E-state index in [0.717, 1.165) is 27.7 Å². The lowest BCUT2D eigenvalue weighted by atomic mass is 10.2. The first-order chi connectivity index (χ1) is 7.26. The van der Waals surface area contributed by atoms with E-state index in [0.29, 0.717) is 0 Å². The van der Waals surface area contributed by atoms with Crippen LogP contribution in [-0.2, 0) is 10.1 Å². The smallest absolute Gasteiger partial charge is 0.186 e. The fraction of sp³-hybridized carbons (Fsp3) is 0.273. The highest BCUT2D eigenvalue weighted by atomic mass is 35.7. The first-order valence-corrected chi connectivity index (χ1v) is 6.78. The lowest BCUT2D eigenvalue weighted by Crippen LogP contribution is -2.05. The first-order valence-electron chi connectivity index (χ1n) is 4.56. The van der Waals surface area contributed by atoms with Crippen LogP contribution in [0.2, 0.25) is 0 Å². The number of hydrogen-bond donors (Lipinski definition) is 0. The van der Waals surface area contributed by atoms with Crippen molar-refractivity contribution in [3.05, 3.63) is 23.8 Å².